The fourth-order valence-electron chi connectivity index (χ4n) is 2.94. The van der Waals surface area contributed by atoms with Crippen molar-refractivity contribution in [3.05, 3.63) is 42.7 Å². The van der Waals surface area contributed by atoms with Gasteiger partial charge in [-0.05, 0) is 30.2 Å². The fraction of sp³-hybridized carbons (Fsp3) is 0.250. The number of rotatable bonds is 7. The summed E-state index contributed by atoms with van der Waals surface area (Å²) in [4.78, 5) is 8.98. The number of nitrogens with one attached hydrogen (secondary N) is 1. The summed E-state index contributed by atoms with van der Waals surface area (Å²) < 4.78 is 13.6. The quantitative estimate of drug-likeness (QED) is 0.488. The number of pyridine rings is 1. The monoisotopic (exact) mass is 395 g/mol. The number of aryl methyl sites for hydroxylation is 1. The van der Waals surface area contributed by atoms with Crippen molar-refractivity contribution in [3.63, 3.8) is 0 Å². The summed E-state index contributed by atoms with van der Waals surface area (Å²) in [5.41, 5.74) is 2.95. The largest absolute Gasteiger partial charge is 0.491 e. The third-order valence-electron chi connectivity index (χ3n) is 4.28. The second-order valence-corrected chi connectivity index (χ2v) is 7.26. The van der Waals surface area contributed by atoms with Crippen LogP contribution in [0.3, 0.4) is 0 Å². The number of benzene rings is 1. The summed E-state index contributed by atoms with van der Waals surface area (Å²) in [7, 11) is 3.18. The highest BCUT2D eigenvalue weighted by molar-refractivity contribution is 7.22. The Bertz CT molecular complexity index is 1110. The number of thiazole rings is 1. The molecule has 0 fully saturated rings. The van der Waals surface area contributed by atoms with E-state index >= 15 is 0 Å². The molecule has 0 saturated heterocycles. The van der Waals surface area contributed by atoms with Gasteiger partial charge in [-0.2, -0.15) is 5.10 Å². The highest BCUT2D eigenvalue weighted by Gasteiger charge is 2.11. The molecule has 3 heterocycles. The van der Waals surface area contributed by atoms with Crippen LogP contribution >= 0.6 is 11.3 Å². The minimum Gasteiger partial charge on any atom is -0.491 e. The van der Waals surface area contributed by atoms with E-state index in [0.29, 0.717) is 11.6 Å². The van der Waals surface area contributed by atoms with Crippen LogP contribution in [0.5, 0.6) is 11.6 Å². The molecule has 0 aliphatic heterocycles. The molecule has 0 bridgehead atoms. The van der Waals surface area contributed by atoms with Crippen molar-refractivity contribution in [3.8, 4) is 22.8 Å². The number of methoxy groups -OCH3 is 2. The first-order valence-electron chi connectivity index (χ1n) is 8.99. The van der Waals surface area contributed by atoms with Crippen LogP contribution in [0.1, 0.15) is 13.3 Å². The van der Waals surface area contributed by atoms with Crippen LogP contribution in [0, 0.1) is 0 Å². The van der Waals surface area contributed by atoms with Gasteiger partial charge < -0.3 is 14.8 Å². The molecule has 0 aliphatic rings. The lowest BCUT2D eigenvalue weighted by molar-refractivity contribution is 0.343. The number of nitrogens with zero attached hydrogens (tertiary/aromatic N) is 4. The highest BCUT2D eigenvalue weighted by atomic mass is 32.1. The van der Waals surface area contributed by atoms with Gasteiger partial charge in [-0.15, -0.1) is 0 Å². The topological polar surface area (TPSA) is 74.1 Å². The second-order valence-electron chi connectivity index (χ2n) is 6.23. The lowest BCUT2D eigenvalue weighted by Gasteiger charge is -2.08. The summed E-state index contributed by atoms with van der Waals surface area (Å²) >= 11 is 1.59. The maximum absolute atomic E-state index is 5.36. The standard InChI is InChI=1S/C20H21N5O2S/c1-4-8-25-9-7-18(24-25)23-20-22-15-6-5-13(11-17(15)28-20)14-10-16(26-2)19(27-3)21-12-14/h5-7,9-12H,4,8H2,1-3H3,(H,22,23,24). The summed E-state index contributed by atoms with van der Waals surface area (Å²) in [5.74, 6) is 1.88. The maximum atomic E-state index is 5.36. The van der Waals surface area contributed by atoms with Gasteiger partial charge in [-0.1, -0.05) is 24.3 Å². The lowest BCUT2D eigenvalue weighted by atomic mass is 10.1. The van der Waals surface area contributed by atoms with Crippen LogP contribution < -0.4 is 14.8 Å². The third-order valence-corrected chi connectivity index (χ3v) is 5.22. The normalized spacial score (nSPS) is 11.0. The van der Waals surface area contributed by atoms with Crippen LogP contribution in [-0.4, -0.2) is 34.0 Å². The van der Waals surface area contributed by atoms with E-state index in [-0.39, 0.29) is 0 Å². The fourth-order valence-corrected chi connectivity index (χ4v) is 3.85. The number of ether oxygens (including phenoxy) is 2. The number of hydrogen-bond acceptors (Lipinski definition) is 7. The minimum absolute atomic E-state index is 0.471. The van der Waals surface area contributed by atoms with Gasteiger partial charge >= 0.3 is 0 Å². The molecule has 0 atom stereocenters. The Labute approximate surface area is 167 Å². The average Bonchev–Trinajstić information content (AvgIpc) is 3.33. The summed E-state index contributed by atoms with van der Waals surface area (Å²) in [5, 5.41) is 8.61. The van der Waals surface area contributed by atoms with E-state index in [1.165, 1.54) is 0 Å². The molecule has 4 aromatic rings. The summed E-state index contributed by atoms with van der Waals surface area (Å²) in [6, 6.07) is 10.0. The van der Waals surface area contributed by atoms with E-state index in [9.17, 15) is 0 Å². The molecule has 144 valence electrons. The molecule has 0 unspecified atom stereocenters. The zero-order valence-corrected chi connectivity index (χ0v) is 16.8. The van der Waals surface area contributed by atoms with E-state index in [1.807, 2.05) is 35.1 Å². The SMILES string of the molecule is CCCn1ccc(Nc2nc3ccc(-c4cnc(OC)c(OC)c4)cc3s2)n1. The van der Waals surface area contributed by atoms with Crippen LogP contribution in [0.15, 0.2) is 42.7 Å². The Kier molecular flexibility index (Phi) is 5.12. The third kappa shape index (κ3) is 3.63. The number of fused-ring (bicyclic) bond motifs is 1. The van der Waals surface area contributed by atoms with Gasteiger partial charge in [0.2, 0.25) is 0 Å². The first-order chi connectivity index (χ1) is 13.7. The molecule has 4 rings (SSSR count). The van der Waals surface area contributed by atoms with Crippen molar-refractivity contribution in [1.29, 1.82) is 0 Å². The van der Waals surface area contributed by atoms with Gasteiger partial charge in [-0.3, -0.25) is 4.68 Å². The maximum Gasteiger partial charge on any atom is 0.256 e. The molecule has 3 aromatic heterocycles. The van der Waals surface area contributed by atoms with Gasteiger partial charge in [0.1, 0.15) is 0 Å². The van der Waals surface area contributed by atoms with Crippen molar-refractivity contribution in [2.45, 2.75) is 19.9 Å². The van der Waals surface area contributed by atoms with Crippen molar-refractivity contribution in [2.24, 2.45) is 0 Å². The zero-order chi connectivity index (χ0) is 19.5. The first-order valence-corrected chi connectivity index (χ1v) is 9.81. The summed E-state index contributed by atoms with van der Waals surface area (Å²) in [6.07, 6.45) is 4.81. The smallest absolute Gasteiger partial charge is 0.256 e. The van der Waals surface area contributed by atoms with E-state index in [2.05, 4.69) is 33.4 Å². The van der Waals surface area contributed by atoms with Gasteiger partial charge in [0.05, 0.1) is 24.4 Å². The van der Waals surface area contributed by atoms with Crippen molar-refractivity contribution in [1.82, 2.24) is 19.7 Å². The summed E-state index contributed by atoms with van der Waals surface area (Å²) in [6.45, 7) is 3.04. The van der Waals surface area contributed by atoms with Crippen LogP contribution in [0.4, 0.5) is 10.9 Å². The number of anilines is 2. The van der Waals surface area contributed by atoms with E-state index in [1.54, 1.807) is 31.8 Å². The first kappa shape index (κ1) is 18.2. The van der Waals surface area contributed by atoms with E-state index in [0.717, 1.165) is 45.3 Å². The minimum atomic E-state index is 0.471. The lowest BCUT2D eigenvalue weighted by Crippen LogP contribution is -1.98. The molecule has 0 spiro atoms. The van der Waals surface area contributed by atoms with Crippen LogP contribution in [-0.2, 0) is 6.54 Å². The Morgan fingerprint density at radius 2 is 2.00 bits per heavy atom. The Hall–Kier alpha value is -3.13. The predicted octanol–water partition coefficient (Wildman–Crippen LogP) is 4.73. The average molecular weight is 395 g/mol. The van der Waals surface area contributed by atoms with Gasteiger partial charge in [0, 0.05) is 30.6 Å². The molecule has 0 saturated carbocycles. The second kappa shape index (κ2) is 7.85. The molecule has 0 aliphatic carbocycles. The Balaban J connectivity index is 1.61. The molecule has 28 heavy (non-hydrogen) atoms. The zero-order valence-electron chi connectivity index (χ0n) is 16.0. The molecule has 1 N–H and O–H groups in total. The number of aromatic nitrogens is 4. The van der Waals surface area contributed by atoms with Gasteiger partial charge in [0.15, 0.2) is 16.7 Å². The molecule has 0 radical (unpaired) electrons. The van der Waals surface area contributed by atoms with E-state index < -0.39 is 0 Å². The highest BCUT2D eigenvalue weighted by Crippen LogP contribution is 2.34. The number of hydrogen-bond donors (Lipinski definition) is 1. The molecule has 8 heteroatoms. The molecular formula is C20H21N5O2S. The van der Waals surface area contributed by atoms with Crippen LogP contribution in [0.25, 0.3) is 21.3 Å². The van der Waals surface area contributed by atoms with Crippen molar-refractivity contribution >= 4 is 32.5 Å². The van der Waals surface area contributed by atoms with Crippen molar-refractivity contribution < 1.29 is 9.47 Å². The molecule has 1 aromatic carbocycles. The Morgan fingerprint density at radius 3 is 2.79 bits per heavy atom. The van der Waals surface area contributed by atoms with Crippen molar-refractivity contribution in [2.75, 3.05) is 19.5 Å². The molecule has 0 amide bonds. The van der Waals surface area contributed by atoms with Gasteiger partial charge in [-0.25, -0.2) is 9.97 Å². The molecular weight excluding hydrogens is 374 g/mol. The van der Waals surface area contributed by atoms with Crippen LogP contribution in [0.2, 0.25) is 0 Å². The van der Waals surface area contributed by atoms with Gasteiger partial charge in [0.25, 0.3) is 5.88 Å². The molecule has 7 nitrogen and oxygen atoms in total. The Morgan fingerprint density at radius 1 is 1.11 bits per heavy atom. The van der Waals surface area contributed by atoms with E-state index in [4.69, 9.17) is 9.47 Å². The predicted molar refractivity (Wildman–Crippen MR) is 112 cm³/mol.